The second-order valence-corrected chi connectivity index (χ2v) is 4.48. The summed E-state index contributed by atoms with van der Waals surface area (Å²) in [4.78, 5) is 0. The van der Waals surface area contributed by atoms with Gasteiger partial charge in [-0.05, 0) is 35.2 Å². The quantitative estimate of drug-likeness (QED) is 0.795. The van der Waals surface area contributed by atoms with Gasteiger partial charge in [0.2, 0.25) is 0 Å². The van der Waals surface area contributed by atoms with Crippen molar-refractivity contribution in [3.8, 4) is 0 Å². The molecule has 0 amide bonds. The monoisotopic (exact) mass is 298 g/mol. The number of rotatable bonds is 1. The molecule has 1 atom stereocenters. The van der Waals surface area contributed by atoms with Gasteiger partial charge in [0.1, 0.15) is 6.23 Å². The summed E-state index contributed by atoms with van der Waals surface area (Å²) >= 11 is 2.86. The minimum absolute atomic E-state index is 0.0471. The first-order valence-corrected chi connectivity index (χ1v) is 5.71. The van der Waals surface area contributed by atoms with Crippen LogP contribution in [0.3, 0.4) is 0 Å². The fourth-order valence-electron chi connectivity index (χ4n) is 1.64. The Balaban J connectivity index is 2.23. The van der Waals surface area contributed by atoms with Gasteiger partial charge in [-0.25, -0.2) is 4.68 Å². The molecule has 0 N–H and O–H groups in total. The zero-order valence-corrected chi connectivity index (χ0v) is 9.88. The van der Waals surface area contributed by atoms with Crippen LogP contribution in [0, 0.1) is 0 Å². The van der Waals surface area contributed by atoms with Crippen LogP contribution in [-0.4, -0.2) is 16.4 Å². The zero-order chi connectivity index (χ0) is 11.8. The average molecular weight is 299 g/mol. The van der Waals surface area contributed by atoms with Gasteiger partial charge in [-0.1, -0.05) is 0 Å². The SMILES string of the molecule is FC(F)(F)c1nn(C2CCCCO2)cc1Br. The highest BCUT2D eigenvalue weighted by Crippen LogP contribution is 2.35. The van der Waals surface area contributed by atoms with E-state index in [4.69, 9.17) is 4.74 Å². The molecule has 1 aromatic rings. The average Bonchev–Trinajstić information content (AvgIpc) is 2.61. The topological polar surface area (TPSA) is 27.1 Å². The fraction of sp³-hybridized carbons (Fsp3) is 0.667. The molecule has 2 heterocycles. The standard InChI is InChI=1S/C9H10BrF3N2O/c10-6-5-15(7-3-1-2-4-16-7)14-8(6)9(11,12)13/h5,7H,1-4H2. The van der Waals surface area contributed by atoms with Crippen LogP contribution < -0.4 is 0 Å². The molecule has 0 aliphatic carbocycles. The Hall–Kier alpha value is -0.560. The maximum atomic E-state index is 12.5. The number of hydrogen-bond acceptors (Lipinski definition) is 2. The predicted molar refractivity (Wildman–Crippen MR) is 53.8 cm³/mol. The second kappa shape index (κ2) is 4.37. The van der Waals surface area contributed by atoms with Crippen molar-refractivity contribution >= 4 is 15.9 Å². The van der Waals surface area contributed by atoms with Gasteiger partial charge in [0.25, 0.3) is 0 Å². The third-order valence-electron chi connectivity index (χ3n) is 2.41. The highest BCUT2D eigenvalue weighted by Gasteiger charge is 2.37. The Kier molecular flexibility index (Phi) is 3.25. The smallest absolute Gasteiger partial charge is 0.357 e. The first-order chi connectivity index (χ1) is 7.48. The molecule has 16 heavy (non-hydrogen) atoms. The largest absolute Gasteiger partial charge is 0.436 e. The van der Waals surface area contributed by atoms with E-state index in [1.165, 1.54) is 10.9 Å². The van der Waals surface area contributed by atoms with Crippen molar-refractivity contribution < 1.29 is 17.9 Å². The number of nitrogens with zero attached hydrogens (tertiary/aromatic N) is 2. The third-order valence-corrected chi connectivity index (χ3v) is 2.99. The van der Waals surface area contributed by atoms with E-state index in [1.807, 2.05) is 0 Å². The van der Waals surface area contributed by atoms with Crippen molar-refractivity contribution in [3.05, 3.63) is 16.4 Å². The molecule has 0 spiro atoms. The van der Waals surface area contributed by atoms with Crippen molar-refractivity contribution in [2.24, 2.45) is 0 Å². The van der Waals surface area contributed by atoms with E-state index >= 15 is 0 Å². The van der Waals surface area contributed by atoms with Gasteiger partial charge in [0, 0.05) is 12.8 Å². The van der Waals surface area contributed by atoms with Crippen molar-refractivity contribution in [1.82, 2.24) is 9.78 Å². The van der Waals surface area contributed by atoms with Gasteiger partial charge in [0.05, 0.1) is 4.47 Å². The van der Waals surface area contributed by atoms with Crippen LogP contribution in [-0.2, 0) is 10.9 Å². The maximum Gasteiger partial charge on any atom is 0.436 e. The normalized spacial score (nSPS) is 22.4. The summed E-state index contributed by atoms with van der Waals surface area (Å²) in [6.07, 6.45) is -0.890. The highest BCUT2D eigenvalue weighted by molar-refractivity contribution is 9.10. The van der Waals surface area contributed by atoms with Crippen LogP contribution in [0.1, 0.15) is 31.2 Å². The lowest BCUT2D eigenvalue weighted by molar-refractivity contribution is -0.142. The van der Waals surface area contributed by atoms with E-state index in [1.54, 1.807) is 0 Å². The van der Waals surface area contributed by atoms with Crippen molar-refractivity contribution in [2.75, 3.05) is 6.61 Å². The molecular weight excluding hydrogens is 289 g/mol. The first kappa shape index (κ1) is 11.9. The summed E-state index contributed by atoms with van der Waals surface area (Å²) in [5.74, 6) is 0. The number of ether oxygens (including phenoxy) is 1. The predicted octanol–water partition coefficient (Wildman–Crippen LogP) is 3.36. The number of alkyl halides is 3. The van der Waals surface area contributed by atoms with Crippen LogP contribution in [0.4, 0.5) is 13.2 Å². The molecule has 1 unspecified atom stereocenters. The summed E-state index contributed by atoms with van der Waals surface area (Å²) in [5.41, 5.74) is -0.901. The maximum absolute atomic E-state index is 12.5. The zero-order valence-electron chi connectivity index (χ0n) is 8.30. The van der Waals surface area contributed by atoms with E-state index in [2.05, 4.69) is 21.0 Å². The van der Waals surface area contributed by atoms with Gasteiger partial charge in [-0.15, -0.1) is 0 Å². The summed E-state index contributed by atoms with van der Waals surface area (Å²) in [7, 11) is 0. The Morgan fingerprint density at radius 2 is 2.19 bits per heavy atom. The minimum atomic E-state index is -4.43. The van der Waals surface area contributed by atoms with Gasteiger partial charge in [-0.2, -0.15) is 18.3 Å². The molecule has 1 fully saturated rings. The molecule has 1 aliphatic heterocycles. The molecule has 0 radical (unpaired) electrons. The molecule has 1 saturated heterocycles. The number of aromatic nitrogens is 2. The van der Waals surface area contributed by atoms with Crippen LogP contribution >= 0.6 is 15.9 Å². The van der Waals surface area contributed by atoms with Gasteiger partial charge in [-0.3, -0.25) is 0 Å². The van der Waals surface area contributed by atoms with Crippen molar-refractivity contribution in [3.63, 3.8) is 0 Å². The van der Waals surface area contributed by atoms with Gasteiger partial charge in [0.15, 0.2) is 5.69 Å². The van der Waals surface area contributed by atoms with Crippen LogP contribution in [0.5, 0.6) is 0 Å². The number of halogens is 4. The molecule has 1 aliphatic rings. The van der Waals surface area contributed by atoms with Crippen LogP contribution in [0.15, 0.2) is 10.7 Å². The van der Waals surface area contributed by atoms with E-state index in [9.17, 15) is 13.2 Å². The summed E-state index contributed by atoms with van der Waals surface area (Å²) in [6.45, 7) is 0.573. The Morgan fingerprint density at radius 3 is 2.69 bits per heavy atom. The lowest BCUT2D eigenvalue weighted by Crippen LogP contribution is -2.19. The molecule has 3 nitrogen and oxygen atoms in total. The minimum Gasteiger partial charge on any atom is -0.357 e. The van der Waals surface area contributed by atoms with E-state index in [0.29, 0.717) is 13.0 Å². The molecular formula is C9H10BrF3N2O. The molecule has 0 saturated carbocycles. The first-order valence-electron chi connectivity index (χ1n) is 4.92. The number of hydrogen-bond donors (Lipinski definition) is 0. The lowest BCUT2D eigenvalue weighted by Gasteiger charge is -2.22. The van der Waals surface area contributed by atoms with Gasteiger partial charge < -0.3 is 4.74 Å². The second-order valence-electron chi connectivity index (χ2n) is 3.62. The molecule has 90 valence electrons. The van der Waals surface area contributed by atoms with Crippen molar-refractivity contribution in [1.29, 1.82) is 0 Å². The van der Waals surface area contributed by atoms with Crippen LogP contribution in [0.25, 0.3) is 0 Å². The summed E-state index contributed by atoms with van der Waals surface area (Å²) in [5, 5.41) is 3.52. The van der Waals surface area contributed by atoms with Gasteiger partial charge >= 0.3 is 6.18 Å². The Bertz CT molecular complexity index is 371. The third kappa shape index (κ3) is 2.40. The molecule has 7 heteroatoms. The van der Waals surface area contributed by atoms with E-state index < -0.39 is 11.9 Å². The van der Waals surface area contributed by atoms with E-state index in [0.717, 1.165) is 12.8 Å². The Labute approximate surface area is 98.7 Å². The van der Waals surface area contributed by atoms with Crippen molar-refractivity contribution in [2.45, 2.75) is 31.7 Å². The molecule has 1 aromatic heterocycles. The molecule has 0 bridgehead atoms. The highest BCUT2D eigenvalue weighted by atomic mass is 79.9. The van der Waals surface area contributed by atoms with E-state index in [-0.39, 0.29) is 10.7 Å². The van der Waals surface area contributed by atoms with Crippen LogP contribution in [0.2, 0.25) is 0 Å². The Morgan fingerprint density at radius 1 is 1.44 bits per heavy atom. The molecule has 2 rings (SSSR count). The summed E-state index contributed by atoms with van der Waals surface area (Å²) in [6, 6.07) is 0. The molecule has 0 aromatic carbocycles. The summed E-state index contributed by atoms with van der Waals surface area (Å²) < 4.78 is 44.0. The lowest BCUT2D eigenvalue weighted by atomic mass is 10.2. The fourth-order valence-corrected chi connectivity index (χ4v) is 2.16.